The van der Waals surface area contributed by atoms with Crippen LogP contribution in [0.15, 0.2) is 83.1 Å². The summed E-state index contributed by atoms with van der Waals surface area (Å²) in [6.45, 7) is 0. The van der Waals surface area contributed by atoms with E-state index in [1.54, 1.807) is 54.6 Å². The van der Waals surface area contributed by atoms with Crippen molar-refractivity contribution < 1.29 is 19.8 Å². The number of carboxylic acid groups (broad SMARTS) is 2. The Labute approximate surface area is 170 Å². The second-order valence-corrected chi connectivity index (χ2v) is 7.87. The van der Waals surface area contributed by atoms with E-state index in [1.165, 1.54) is 6.20 Å². The van der Waals surface area contributed by atoms with E-state index in [-0.39, 0.29) is 5.16 Å². The fraction of sp³-hybridized carbons (Fsp3) is 0.100. The molecule has 1 heterocycles. The molecule has 3 rings (SSSR count). The number of carboxylic acids is 2. The number of carbonyl (C=O) groups is 2. The average Bonchev–Trinajstić information content (AvgIpc) is 2.71. The van der Waals surface area contributed by atoms with Crippen molar-refractivity contribution in [1.29, 1.82) is 0 Å². The molecule has 142 valence electrons. The summed E-state index contributed by atoms with van der Waals surface area (Å²) in [7, 11) is 0. The molecule has 0 aliphatic rings. The van der Waals surface area contributed by atoms with Crippen LogP contribution in [0.1, 0.15) is 21.6 Å². The number of thioether (sulfide) groups is 2. The van der Waals surface area contributed by atoms with Gasteiger partial charge in [-0.05, 0) is 17.2 Å². The van der Waals surface area contributed by atoms with Crippen LogP contribution in [0.25, 0.3) is 0 Å². The smallest absolute Gasteiger partial charge is 0.321 e. The van der Waals surface area contributed by atoms with Crippen LogP contribution in [-0.4, -0.2) is 32.1 Å². The maximum Gasteiger partial charge on any atom is 0.321 e. The summed E-state index contributed by atoms with van der Waals surface area (Å²) < 4.78 is 0. The first-order valence-electron chi connectivity index (χ1n) is 8.26. The van der Waals surface area contributed by atoms with E-state index in [0.717, 1.165) is 23.5 Å². The van der Waals surface area contributed by atoms with Crippen LogP contribution in [0.2, 0.25) is 0 Å². The molecule has 28 heavy (non-hydrogen) atoms. The van der Waals surface area contributed by atoms with Gasteiger partial charge in [-0.2, -0.15) is 0 Å². The standard InChI is InChI=1S/C20H16N2O4S2/c23-18(24)16(13-7-3-1-4-8-13)27-15-11-12-21-20(22-15)28-17(19(25)26)14-9-5-2-6-10-14/h1-12,16-17H,(H,23,24)(H,25,26). The zero-order valence-corrected chi connectivity index (χ0v) is 16.1. The number of hydrogen-bond donors (Lipinski definition) is 2. The van der Waals surface area contributed by atoms with Gasteiger partial charge in [-0.15, -0.1) is 0 Å². The number of aromatic nitrogens is 2. The minimum atomic E-state index is -0.995. The molecule has 1 aromatic heterocycles. The van der Waals surface area contributed by atoms with Gasteiger partial charge < -0.3 is 10.2 Å². The van der Waals surface area contributed by atoms with Crippen LogP contribution in [-0.2, 0) is 9.59 Å². The SMILES string of the molecule is O=C(O)C(Sc1ccnc(SC(C(=O)O)c2ccccc2)n1)c1ccccc1. The quantitative estimate of drug-likeness (QED) is 0.321. The lowest BCUT2D eigenvalue weighted by atomic mass is 10.1. The Kier molecular flexibility index (Phi) is 6.67. The molecular weight excluding hydrogens is 396 g/mol. The largest absolute Gasteiger partial charge is 0.480 e. The Morgan fingerprint density at radius 1 is 0.750 bits per heavy atom. The summed E-state index contributed by atoms with van der Waals surface area (Å²) in [5.74, 6) is -1.97. The molecule has 8 heteroatoms. The van der Waals surface area contributed by atoms with Crippen molar-refractivity contribution >= 4 is 35.5 Å². The van der Waals surface area contributed by atoms with Gasteiger partial charge in [0.25, 0.3) is 0 Å². The van der Waals surface area contributed by atoms with Gasteiger partial charge in [0, 0.05) is 6.20 Å². The van der Waals surface area contributed by atoms with Gasteiger partial charge in [-0.25, -0.2) is 9.97 Å². The Hall–Kier alpha value is -2.84. The van der Waals surface area contributed by atoms with Gasteiger partial charge in [0.15, 0.2) is 5.16 Å². The third-order valence-electron chi connectivity index (χ3n) is 3.72. The Morgan fingerprint density at radius 3 is 1.75 bits per heavy atom. The molecule has 2 atom stereocenters. The number of hydrogen-bond acceptors (Lipinski definition) is 6. The van der Waals surface area contributed by atoms with Crippen LogP contribution >= 0.6 is 23.5 Å². The van der Waals surface area contributed by atoms with Gasteiger partial charge in [0.1, 0.15) is 15.5 Å². The predicted molar refractivity (Wildman–Crippen MR) is 107 cm³/mol. The summed E-state index contributed by atoms with van der Waals surface area (Å²) in [5.41, 5.74) is 1.29. The van der Waals surface area contributed by atoms with Crippen molar-refractivity contribution in [3.8, 4) is 0 Å². The van der Waals surface area contributed by atoms with E-state index in [9.17, 15) is 19.8 Å². The zero-order chi connectivity index (χ0) is 19.9. The highest BCUT2D eigenvalue weighted by Crippen LogP contribution is 2.37. The maximum absolute atomic E-state index is 11.7. The lowest BCUT2D eigenvalue weighted by molar-refractivity contribution is -0.137. The van der Waals surface area contributed by atoms with E-state index < -0.39 is 22.4 Å². The number of aliphatic carboxylic acids is 2. The van der Waals surface area contributed by atoms with E-state index in [0.29, 0.717) is 16.2 Å². The highest BCUT2D eigenvalue weighted by atomic mass is 32.2. The second kappa shape index (κ2) is 9.38. The van der Waals surface area contributed by atoms with Crippen LogP contribution in [0.5, 0.6) is 0 Å². The average molecular weight is 412 g/mol. The van der Waals surface area contributed by atoms with Gasteiger partial charge >= 0.3 is 11.9 Å². The first-order chi connectivity index (χ1) is 13.5. The molecule has 0 radical (unpaired) electrons. The van der Waals surface area contributed by atoms with E-state index in [2.05, 4.69) is 9.97 Å². The van der Waals surface area contributed by atoms with Crippen LogP contribution in [0.3, 0.4) is 0 Å². The van der Waals surface area contributed by atoms with E-state index in [4.69, 9.17) is 0 Å². The topological polar surface area (TPSA) is 100 Å². The van der Waals surface area contributed by atoms with Gasteiger partial charge in [-0.1, -0.05) is 84.2 Å². The molecule has 2 N–H and O–H groups in total. The number of rotatable bonds is 8. The maximum atomic E-state index is 11.7. The normalized spacial score (nSPS) is 12.9. The highest BCUT2D eigenvalue weighted by Gasteiger charge is 2.24. The zero-order valence-electron chi connectivity index (χ0n) is 14.5. The third-order valence-corrected chi connectivity index (χ3v) is 6.02. The fourth-order valence-corrected chi connectivity index (χ4v) is 4.30. The fourth-order valence-electron chi connectivity index (χ4n) is 2.45. The summed E-state index contributed by atoms with van der Waals surface area (Å²) in [5, 5.41) is 18.2. The molecule has 3 aromatic rings. The van der Waals surface area contributed by atoms with Gasteiger partial charge in [-0.3, -0.25) is 9.59 Å². The molecule has 0 spiro atoms. The van der Waals surface area contributed by atoms with Crippen LogP contribution in [0.4, 0.5) is 0 Å². The van der Waals surface area contributed by atoms with Crippen molar-refractivity contribution in [3.05, 3.63) is 84.1 Å². The van der Waals surface area contributed by atoms with E-state index >= 15 is 0 Å². The number of benzene rings is 2. The summed E-state index contributed by atoms with van der Waals surface area (Å²) in [6, 6.07) is 19.3. The van der Waals surface area contributed by atoms with Gasteiger partial charge in [0.2, 0.25) is 0 Å². The predicted octanol–water partition coefficient (Wildman–Crippen LogP) is 4.31. The Morgan fingerprint density at radius 2 is 1.25 bits per heavy atom. The molecule has 0 saturated heterocycles. The molecule has 0 aliphatic heterocycles. The Balaban J connectivity index is 1.81. The van der Waals surface area contributed by atoms with Crippen molar-refractivity contribution in [2.45, 2.75) is 20.7 Å². The molecule has 6 nitrogen and oxygen atoms in total. The third kappa shape index (κ3) is 5.11. The van der Waals surface area contributed by atoms with Crippen molar-refractivity contribution in [2.75, 3.05) is 0 Å². The lowest BCUT2D eigenvalue weighted by Gasteiger charge is -2.14. The Bertz CT molecular complexity index is 880. The lowest BCUT2D eigenvalue weighted by Crippen LogP contribution is -2.09. The molecule has 2 aromatic carbocycles. The molecule has 0 saturated carbocycles. The molecule has 0 bridgehead atoms. The summed E-state index contributed by atoms with van der Waals surface area (Å²) in [4.78, 5) is 31.9. The van der Waals surface area contributed by atoms with E-state index in [1.807, 2.05) is 12.1 Å². The van der Waals surface area contributed by atoms with Crippen LogP contribution in [0, 0.1) is 0 Å². The highest BCUT2D eigenvalue weighted by molar-refractivity contribution is 8.00. The molecule has 0 aliphatic carbocycles. The molecule has 0 amide bonds. The van der Waals surface area contributed by atoms with Crippen molar-refractivity contribution in [3.63, 3.8) is 0 Å². The van der Waals surface area contributed by atoms with Crippen molar-refractivity contribution in [2.24, 2.45) is 0 Å². The summed E-state index contributed by atoms with van der Waals surface area (Å²) in [6.07, 6.45) is 1.51. The van der Waals surface area contributed by atoms with Gasteiger partial charge in [0.05, 0.1) is 0 Å². The molecular formula is C20H16N2O4S2. The summed E-state index contributed by atoms with van der Waals surface area (Å²) >= 11 is 2.10. The second-order valence-electron chi connectivity index (χ2n) is 5.67. The molecule has 0 fully saturated rings. The minimum Gasteiger partial charge on any atom is -0.480 e. The molecule has 2 unspecified atom stereocenters. The monoisotopic (exact) mass is 412 g/mol. The first-order valence-corrected chi connectivity index (χ1v) is 10.0. The number of nitrogens with zero attached hydrogens (tertiary/aromatic N) is 2. The van der Waals surface area contributed by atoms with Crippen molar-refractivity contribution in [1.82, 2.24) is 9.97 Å². The first kappa shape index (κ1) is 19.9. The minimum absolute atomic E-state index is 0.276. The van der Waals surface area contributed by atoms with Crippen LogP contribution < -0.4 is 0 Å².